The summed E-state index contributed by atoms with van der Waals surface area (Å²) in [5, 5.41) is 10.2. The molecule has 5 unspecified atom stereocenters. The van der Waals surface area contributed by atoms with Crippen molar-refractivity contribution in [3.63, 3.8) is 0 Å². The van der Waals surface area contributed by atoms with Gasteiger partial charge in [0.1, 0.15) is 6.61 Å². The average Bonchev–Trinajstić information content (AvgIpc) is 3.25. The minimum atomic E-state index is -1.00. The maximum Gasteiger partial charge on any atom is 0.314 e. The molecule has 4 nitrogen and oxygen atoms in total. The molecular formula is C27H38O4. The number of ether oxygens (including phenoxy) is 1. The molecule has 0 heterocycles. The van der Waals surface area contributed by atoms with Crippen molar-refractivity contribution in [1.82, 2.24) is 0 Å². The summed E-state index contributed by atoms with van der Waals surface area (Å²) in [5.41, 5.74) is -0.542. The summed E-state index contributed by atoms with van der Waals surface area (Å²) in [5.74, 6) is -1.65. The predicted octanol–water partition coefficient (Wildman–Crippen LogP) is 6.40. The molecule has 1 aromatic rings. The van der Waals surface area contributed by atoms with Crippen LogP contribution in [-0.4, -0.2) is 17.0 Å². The van der Waals surface area contributed by atoms with Crippen LogP contribution in [0.2, 0.25) is 0 Å². The van der Waals surface area contributed by atoms with Gasteiger partial charge in [-0.05, 0) is 30.2 Å². The van der Waals surface area contributed by atoms with Crippen LogP contribution in [0.5, 0.6) is 0 Å². The molecule has 2 aliphatic rings. The van der Waals surface area contributed by atoms with E-state index >= 15 is 0 Å². The number of fused-ring (bicyclic) bond motifs is 2. The molecule has 4 heteroatoms. The minimum absolute atomic E-state index is 0.0929. The topological polar surface area (TPSA) is 63.6 Å². The fraction of sp³-hybridized carbons (Fsp3) is 0.630. The van der Waals surface area contributed by atoms with Crippen LogP contribution in [0.25, 0.3) is 0 Å². The highest BCUT2D eigenvalue weighted by atomic mass is 16.5. The van der Waals surface area contributed by atoms with Crippen LogP contribution in [0.15, 0.2) is 42.5 Å². The Morgan fingerprint density at radius 3 is 2.52 bits per heavy atom. The number of unbranched alkanes of at least 4 members (excludes halogenated alkanes) is 2. The van der Waals surface area contributed by atoms with Gasteiger partial charge in [-0.25, -0.2) is 0 Å². The van der Waals surface area contributed by atoms with E-state index in [1.807, 2.05) is 36.4 Å². The number of hydrogen-bond donors (Lipinski definition) is 1. The normalized spacial score (nSPS) is 29.8. The third-order valence-corrected chi connectivity index (χ3v) is 7.72. The first-order chi connectivity index (χ1) is 14.9. The van der Waals surface area contributed by atoms with E-state index in [1.165, 1.54) is 6.42 Å². The fourth-order valence-electron chi connectivity index (χ4n) is 6.19. The number of carboxylic acids is 1. The first-order valence-electron chi connectivity index (χ1n) is 12.0. The third-order valence-electron chi connectivity index (χ3n) is 7.72. The van der Waals surface area contributed by atoms with E-state index in [9.17, 15) is 14.7 Å². The van der Waals surface area contributed by atoms with Gasteiger partial charge in [-0.3, -0.25) is 9.59 Å². The second-order valence-corrected chi connectivity index (χ2v) is 9.85. The Labute approximate surface area is 187 Å². The van der Waals surface area contributed by atoms with Crippen LogP contribution in [0, 0.1) is 28.6 Å². The summed E-state index contributed by atoms with van der Waals surface area (Å²) in [7, 11) is 0. The Bertz CT molecular complexity index is 786. The van der Waals surface area contributed by atoms with E-state index in [0.29, 0.717) is 12.3 Å². The van der Waals surface area contributed by atoms with Gasteiger partial charge < -0.3 is 9.84 Å². The Balaban J connectivity index is 1.92. The van der Waals surface area contributed by atoms with E-state index in [1.54, 1.807) is 0 Å². The van der Waals surface area contributed by atoms with Crippen LogP contribution >= 0.6 is 0 Å². The zero-order valence-electron chi connectivity index (χ0n) is 19.3. The number of carbonyl (C=O) groups is 2. The van der Waals surface area contributed by atoms with Crippen molar-refractivity contribution in [2.75, 3.05) is 0 Å². The standard InChI is InChI=1S/C27H38O4/c1-4-6-8-12-20(11-5-2)17-27(25(30)31-19-21-13-9-7-10-14-21)23(24(28)29)22-15-16-26(27,3)18-22/h7,9-10,13-16,20,22-23H,4-6,8,11-12,17-19H2,1-3H3,(H,28,29). The molecule has 0 radical (unpaired) electrons. The molecule has 0 spiro atoms. The Hall–Kier alpha value is -2.10. The summed E-state index contributed by atoms with van der Waals surface area (Å²) >= 11 is 0. The van der Waals surface area contributed by atoms with E-state index in [0.717, 1.165) is 44.1 Å². The third kappa shape index (κ3) is 4.58. The lowest BCUT2D eigenvalue weighted by Crippen LogP contribution is -2.51. The molecule has 1 N–H and O–H groups in total. The van der Waals surface area contributed by atoms with Gasteiger partial charge in [-0.2, -0.15) is 0 Å². The van der Waals surface area contributed by atoms with Crippen molar-refractivity contribution in [2.45, 2.75) is 78.7 Å². The molecule has 170 valence electrons. The summed E-state index contributed by atoms with van der Waals surface area (Å²) in [6.07, 6.45) is 12.0. The highest BCUT2D eigenvalue weighted by Gasteiger charge is 2.69. The van der Waals surface area contributed by atoms with Gasteiger partial charge in [0.2, 0.25) is 0 Å². The summed E-state index contributed by atoms with van der Waals surface area (Å²) in [6.45, 7) is 6.63. The van der Waals surface area contributed by atoms with Gasteiger partial charge in [-0.1, -0.05) is 102 Å². The number of hydrogen-bond acceptors (Lipinski definition) is 3. The largest absolute Gasteiger partial charge is 0.481 e. The first-order valence-corrected chi connectivity index (χ1v) is 12.0. The van der Waals surface area contributed by atoms with Crippen molar-refractivity contribution < 1.29 is 19.4 Å². The smallest absolute Gasteiger partial charge is 0.314 e. The lowest BCUT2D eigenvalue weighted by molar-refractivity contribution is -0.176. The Morgan fingerprint density at radius 2 is 1.87 bits per heavy atom. The summed E-state index contributed by atoms with van der Waals surface area (Å²) in [6, 6.07) is 9.64. The minimum Gasteiger partial charge on any atom is -0.481 e. The van der Waals surface area contributed by atoms with Gasteiger partial charge in [0.25, 0.3) is 0 Å². The summed E-state index contributed by atoms with van der Waals surface area (Å²) < 4.78 is 5.88. The van der Waals surface area contributed by atoms with Crippen molar-refractivity contribution in [2.24, 2.45) is 28.6 Å². The monoisotopic (exact) mass is 426 g/mol. The van der Waals surface area contributed by atoms with E-state index in [-0.39, 0.29) is 18.5 Å². The van der Waals surface area contributed by atoms with E-state index in [4.69, 9.17) is 4.74 Å². The molecule has 0 aliphatic heterocycles. The number of benzene rings is 1. The van der Waals surface area contributed by atoms with Crippen molar-refractivity contribution in [3.05, 3.63) is 48.0 Å². The second kappa shape index (κ2) is 10.0. The lowest BCUT2D eigenvalue weighted by atomic mass is 9.57. The highest BCUT2D eigenvalue weighted by molar-refractivity contribution is 5.88. The van der Waals surface area contributed by atoms with Gasteiger partial charge in [0, 0.05) is 5.41 Å². The number of esters is 1. The number of carbonyl (C=O) groups excluding carboxylic acids is 1. The molecular weight excluding hydrogens is 388 g/mol. The Kier molecular flexibility index (Phi) is 7.61. The van der Waals surface area contributed by atoms with Crippen LogP contribution < -0.4 is 0 Å². The van der Waals surface area contributed by atoms with Gasteiger partial charge >= 0.3 is 11.9 Å². The molecule has 0 aromatic heterocycles. The quantitative estimate of drug-likeness (QED) is 0.239. The number of carboxylic acid groups (broad SMARTS) is 1. The molecule has 2 aliphatic carbocycles. The fourth-order valence-corrected chi connectivity index (χ4v) is 6.19. The van der Waals surface area contributed by atoms with Gasteiger partial charge in [0.15, 0.2) is 0 Å². The number of aliphatic carboxylic acids is 1. The SMILES string of the molecule is CCCCCC(CCC)CC1(C(=O)OCc2ccccc2)C(C(=O)O)C2C=CC1(C)C2. The lowest BCUT2D eigenvalue weighted by Gasteiger charge is -2.45. The molecule has 1 fully saturated rings. The first kappa shape index (κ1) is 23.6. The average molecular weight is 427 g/mol. The molecule has 31 heavy (non-hydrogen) atoms. The summed E-state index contributed by atoms with van der Waals surface area (Å²) in [4.78, 5) is 26.3. The molecule has 1 aromatic carbocycles. The maximum atomic E-state index is 13.8. The molecule has 0 amide bonds. The maximum absolute atomic E-state index is 13.8. The molecule has 0 saturated heterocycles. The van der Waals surface area contributed by atoms with Crippen molar-refractivity contribution in [1.29, 1.82) is 0 Å². The van der Waals surface area contributed by atoms with Crippen molar-refractivity contribution >= 4 is 11.9 Å². The zero-order valence-corrected chi connectivity index (χ0v) is 19.3. The predicted molar refractivity (Wildman–Crippen MR) is 122 cm³/mol. The highest BCUT2D eigenvalue weighted by Crippen LogP contribution is 2.67. The Morgan fingerprint density at radius 1 is 1.13 bits per heavy atom. The number of allylic oxidation sites excluding steroid dienone is 2. The molecule has 3 rings (SSSR count). The van der Waals surface area contributed by atoms with E-state index < -0.39 is 22.7 Å². The number of rotatable bonds is 12. The van der Waals surface area contributed by atoms with Crippen LogP contribution in [0.1, 0.15) is 77.7 Å². The van der Waals surface area contributed by atoms with Crippen LogP contribution in [0.4, 0.5) is 0 Å². The van der Waals surface area contributed by atoms with E-state index in [2.05, 4.69) is 26.8 Å². The van der Waals surface area contributed by atoms with Crippen LogP contribution in [-0.2, 0) is 20.9 Å². The van der Waals surface area contributed by atoms with Gasteiger partial charge in [-0.15, -0.1) is 0 Å². The molecule has 5 atom stereocenters. The zero-order chi connectivity index (χ0) is 22.5. The molecule has 1 saturated carbocycles. The molecule has 2 bridgehead atoms. The second-order valence-electron chi connectivity index (χ2n) is 9.85. The van der Waals surface area contributed by atoms with Gasteiger partial charge in [0.05, 0.1) is 11.3 Å². The van der Waals surface area contributed by atoms with Crippen LogP contribution in [0.3, 0.4) is 0 Å². The van der Waals surface area contributed by atoms with Crippen molar-refractivity contribution in [3.8, 4) is 0 Å².